The molecule has 1 saturated heterocycles. The molecule has 49 heavy (non-hydrogen) atoms. The van der Waals surface area contributed by atoms with Gasteiger partial charge in [0.05, 0.1) is 12.8 Å². The third-order valence-electron chi connectivity index (χ3n) is 7.98. The summed E-state index contributed by atoms with van der Waals surface area (Å²) in [5.41, 5.74) is 0. The van der Waals surface area contributed by atoms with E-state index in [9.17, 15) is 53.4 Å². The average molecular weight is 700 g/mol. The van der Waals surface area contributed by atoms with Crippen LogP contribution in [0.1, 0.15) is 86.5 Å². The van der Waals surface area contributed by atoms with E-state index in [-0.39, 0.29) is 25.8 Å². The Morgan fingerprint density at radius 2 is 1.39 bits per heavy atom. The van der Waals surface area contributed by atoms with Crippen LogP contribution in [-0.2, 0) is 47.9 Å². The minimum Gasteiger partial charge on any atom is -0.481 e. The summed E-state index contributed by atoms with van der Waals surface area (Å²) in [6.45, 7) is 9.48. The lowest BCUT2D eigenvalue weighted by atomic mass is 9.98. The van der Waals surface area contributed by atoms with Crippen LogP contribution >= 0.6 is 0 Å². The molecule has 0 radical (unpaired) electrons. The lowest BCUT2D eigenvalue weighted by molar-refractivity contribution is -0.164. The van der Waals surface area contributed by atoms with Crippen molar-refractivity contribution in [1.29, 1.82) is 0 Å². The molecule has 1 aliphatic heterocycles. The zero-order chi connectivity index (χ0) is 37.6. The maximum atomic E-state index is 13.8. The number of amides is 5. The van der Waals surface area contributed by atoms with Gasteiger partial charge in [0.25, 0.3) is 5.91 Å². The van der Waals surface area contributed by atoms with E-state index in [2.05, 4.69) is 21.3 Å². The lowest BCUT2D eigenvalue weighted by Gasteiger charge is -2.32. The Balaban J connectivity index is 3.23. The molecule has 276 valence electrons. The van der Waals surface area contributed by atoms with Crippen LogP contribution in [0.25, 0.3) is 0 Å². The zero-order valence-corrected chi connectivity index (χ0v) is 28.6. The van der Waals surface area contributed by atoms with Crippen molar-refractivity contribution in [3.8, 4) is 0 Å². The SMILES string of the molecule is CCC[C@H](NC(=O)C1CCCN1C(=O)C(NC(=O)[C@@H](OC(=O)[C@H](CC(=O)O)NC(=O)[C@H](CC(=O)O)NC(C)=O)C(C)CC)C(C)C)C(=O)O. The maximum absolute atomic E-state index is 13.8. The number of nitrogens with zero attached hydrogens (tertiary/aromatic N) is 1. The number of likely N-dealkylation sites (tertiary alicyclic amines) is 1. The monoisotopic (exact) mass is 699 g/mol. The van der Waals surface area contributed by atoms with Crippen LogP contribution in [0, 0.1) is 11.8 Å². The fraction of sp³-hybridized carbons (Fsp3) is 0.710. The second kappa shape index (κ2) is 19.9. The largest absolute Gasteiger partial charge is 0.481 e. The van der Waals surface area contributed by atoms with Crippen molar-refractivity contribution in [2.24, 2.45) is 11.8 Å². The number of carboxylic acid groups (broad SMARTS) is 3. The van der Waals surface area contributed by atoms with Crippen LogP contribution in [0.15, 0.2) is 0 Å². The summed E-state index contributed by atoms with van der Waals surface area (Å²) >= 11 is 0. The first-order valence-electron chi connectivity index (χ1n) is 16.2. The molecule has 1 heterocycles. The molecule has 0 aromatic rings. The van der Waals surface area contributed by atoms with Gasteiger partial charge in [-0.15, -0.1) is 0 Å². The number of carboxylic acids is 3. The maximum Gasteiger partial charge on any atom is 0.330 e. The van der Waals surface area contributed by atoms with Gasteiger partial charge < -0.3 is 46.2 Å². The normalized spacial score (nSPS) is 17.8. The lowest BCUT2D eigenvalue weighted by Crippen LogP contribution is -2.58. The zero-order valence-electron chi connectivity index (χ0n) is 28.6. The molecule has 0 saturated carbocycles. The number of carbonyl (C=O) groups excluding carboxylic acids is 6. The van der Waals surface area contributed by atoms with Gasteiger partial charge in [0.2, 0.25) is 23.6 Å². The van der Waals surface area contributed by atoms with E-state index in [0.717, 1.165) is 6.92 Å². The van der Waals surface area contributed by atoms with Crippen LogP contribution in [0.2, 0.25) is 0 Å². The molecule has 3 unspecified atom stereocenters. The first-order valence-corrected chi connectivity index (χ1v) is 16.2. The third-order valence-corrected chi connectivity index (χ3v) is 7.98. The van der Waals surface area contributed by atoms with E-state index in [1.54, 1.807) is 34.6 Å². The van der Waals surface area contributed by atoms with E-state index in [1.165, 1.54) is 4.90 Å². The molecule has 7 N–H and O–H groups in total. The minimum absolute atomic E-state index is 0.170. The van der Waals surface area contributed by atoms with Gasteiger partial charge in [-0.25, -0.2) is 9.59 Å². The number of aliphatic carboxylic acids is 3. The summed E-state index contributed by atoms with van der Waals surface area (Å²) in [6.07, 6.45) is -1.76. The van der Waals surface area contributed by atoms with Crippen LogP contribution < -0.4 is 21.3 Å². The van der Waals surface area contributed by atoms with Gasteiger partial charge in [-0.1, -0.05) is 41.0 Å². The van der Waals surface area contributed by atoms with Gasteiger partial charge in [0.15, 0.2) is 6.10 Å². The van der Waals surface area contributed by atoms with Gasteiger partial charge in [-0.05, 0) is 31.6 Å². The standard InChI is InChI=1S/C31H49N5O13/c1-7-10-18(30(46)47)33-27(43)21-11-9-12-36(21)29(45)24(15(3)4)35-28(44)25(16(5)8-2)49-31(48)20(14-23(40)41)34-26(42)19(13-22(38)39)32-17(6)37/h15-16,18-21,24-25H,7-14H2,1-6H3,(H,32,37)(H,33,43)(H,34,42)(H,35,44)(H,38,39)(H,40,41)(H,46,47)/t16?,18-,19-,20-,21?,24?,25-/m0/s1. The van der Waals surface area contributed by atoms with Gasteiger partial charge in [0, 0.05) is 19.4 Å². The van der Waals surface area contributed by atoms with Crippen LogP contribution in [0.3, 0.4) is 0 Å². The van der Waals surface area contributed by atoms with Crippen molar-refractivity contribution in [1.82, 2.24) is 26.2 Å². The van der Waals surface area contributed by atoms with Gasteiger partial charge in [-0.3, -0.25) is 33.6 Å². The molecule has 18 heteroatoms. The Morgan fingerprint density at radius 3 is 1.88 bits per heavy atom. The molecule has 0 aliphatic carbocycles. The van der Waals surface area contributed by atoms with Crippen LogP contribution in [-0.4, -0.2) is 116 Å². The summed E-state index contributed by atoms with van der Waals surface area (Å²) in [4.78, 5) is 114. The van der Waals surface area contributed by atoms with E-state index in [4.69, 9.17) is 9.84 Å². The van der Waals surface area contributed by atoms with E-state index >= 15 is 0 Å². The molecule has 1 fully saturated rings. The van der Waals surface area contributed by atoms with Crippen molar-refractivity contribution < 1.29 is 63.2 Å². The molecule has 7 atom stereocenters. The Hall–Kier alpha value is -4.77. The second-order valence-electron chi connectivity index (χ2n) is 12.4. The molecule has 1 rings (SSSR count). The van der Waals surface area contributed by atoms with Gasteiger partial charge in [0.1, 0.15) is 30.2 Å². The smallest absolute Gasteiger partial charge is 0.330 e. The Kier molecular flexibility index (Phi) is 17.2. The highest BCUT2D eigenvalue weighted by Gasteiger charge is 2.41. The van der Waals surface area contributed by atoms with Crippen LogP contribution in [0.4, 0.5) is 0 Å². The fourth-order valence-corrected chi connectivity index (χ4v) is 5.16. The minimum atomic E-state index is -1.89. The highest BCUT2D eigenvalue weighted by Crippen LogP contribution is 2.22. The first kappa shape index (κ1) is 42.3. The van der Waals surface area contributed by atoms with Crippen molar-refractivity contribution in [3.63, 3.8) is 0 Å². The third kappa shape index (κ3) is 13.3. The molecule has 18 nitrogen and oxygen atoms in total. The number of rotatable bonds is 20. The van der Waals surface area contributed by atoms with Crippen molar-refractivity contribution in [2.45, 2.75) is 123 Å². The first-order chi connectivity index (χ1) is 22.8. The molecule has 0 aromatic carbocycles. The molecular formula is C31H49N5O13. The number of esters is 1. The summed E-state index contributed by atoms with van der Waals surface area (Å²) in [5.74, 6) is -10.9. The Labute approximate surface area is 284 Å². The summed E-state index contributed by atoms with van der Waals surface area (Å²) in [7, 11) is 0. The molecule has 1 aliphatic rings. The summed E-state index contributed by atoms with van der Waals surface area (Å²) in [5, 5.41) is 37.2. The molecule has 5 amide bonds. The molecule has 0 spiro atoms. The molecule has 0 aromatic heterocycles. The predicted molar refractivity (Wildman–Crippen MR) is 169 cm³/mol. The van der Waals surface area contributed by atoms with Crippen molar-refractivity contribution in [3.05, 3.63) is 0 Å². The fourth-order valence-electron chi connectivity index (χ4n) is 5.16. The van der Waals surface area contributed by atoms with E-state index in [0.29, 0.717) is 12.8 Å². The Morgan fingerprint density at radius 1 is 0.796 bits per heavy atom. The predicted octanol–water partition coefficient (Wildman–Crippen LogP) is -0.615. The average Bonchev–Trinajstić information content (AvgIpc) is 3.50. The highest BCUT2D eigenvalue weighted by molar-refractivity contribution is 5.96. The van der Waals surface area contributed by atoms with Crippen molar-refractivity contribution >= 4 is 53.4 Å². The summed E-state index contributed by atoms with van der Waals surface area (Å²) < 4.78 is 5.43. The Bertz CT molecular complexity index is 1240. The van der Waals surface area contributed by atoms with Crippen molar-refractivity contribution in [2.75, 3.05) is 6.54 Å². The summed E-state index contributed by atoms with van der Waals surface area (Å²) in [6, 6.07) is -6.85. The quantitative estimate of drug-likeness (QED) is 0.0782. The molecule has 0 bridgehead atoms. The molecular weight excluding hydrogens is 650 g/mol. The van der Waals surface area contributed by atoms with Gasteiger partial charge in [-0.2, -0.15) is 0 Å². The highest BCUT2D eigenvalue weighted by atomic mass is 16.6. The number of nitrogens with one attached hydrogen (secondary N) is 4. The number of hydrogen-bond donors (Lipinski definition) is 7. The number of hydrogen-bond acceptors (Lipinski definition) is 10. The topological polar surface area (TPSA) is 275 Å². The van der Waals surface area contributed by atoms with Crippen LogP contribution in [0.5, 0.6) is 0 Å². The van der Waals surface area contributed by atoms with Gasteiger partial charge >= 0.3 is 23.9 Å². The van der Waals surface area contributed by atoms with E-state index in [1.807, 2.05) is 0 Å². The van der Waals surface area contributed by atoms with E-state index < -0.39 is 114 Å². The number of carbonyl (C=O) groups is 9. The second-order valence-corrected chi connectivity index (χ2v) is 12.4. The number of ether oxygens (including phenoxy) is 1.